The van der Waals surface area contributed by atoms with E-state index in [2.05, 4.69) is 31.4 Å². The molecular formula is C30H36N2O4S. The fourth-order valence-electron chi connectivity index (χ4n) is 4.79. The lowest BCUT2D eigenvalue weighted by Gasteiger charge is -2.33. The van der Waals surface area contributed by atoms with Crippen molar-refractivity contribution >= 4 is 33.8 Å². The number of amides is 2. The van der Waals surface area contributed by atoms with Gasteiger partial charge < -0.3 is 20.1 Å². The molecule has 3 aromatic rings. The minimum Gasteiger partial charge on any atom is -0.497 e. The Labute approximate surface area is 223 Å². The van der Waals surface area contributed by atoms with Crippen LogP contribution in [0.5, 0.6) is 11.5 Å². The fraction of sp³-hybridized carbons (Fsp3) is 0.400. The number of carbonyl (C=O) groups excluding carboxylic acids is 2. The van der Waals surface area contributed by atoms with E-state index < -0.39 is 0 Å². The van der Waals surface area contributed by atoms with E-state index in [1.807, 2.05) is 55.5 Å². The molecular weight excluding hydrogens is 484 g/mol. The van der Waals surface area contributed by atoms with Crippen molar-refractivity contribution < 1.29 is 19.1 Å². The first-order valence-electron chi connectivity index (χ1n) is 12.8. The molecule has 1 heterocycles. The van der Waals surface area contributed by atoms with Gasteiger partial charge in [0, 0.05) is 4.88 Å². The van der Waals surface area contributed by atoms with Gasteiger partial charge in [-0.2, -0.15) is 0 Å². The molecule has 37 heavy (non-hydrogen) atoms. The SMILES string of the molecule is CCOc1ccccc1NC(=O)c1c(NC(=O)Cc2ccc(OC)cc2)sc2c1CCC(C(C)(C)C)C2. The van der Waals surface area contributed by atoms with Gasteiger partial charge in [-0.25, -0.2) is 0 Å². The third-order valence-electron chi connectivity index (χ3n) is 6.93. The molecule has 0 saturated carbocycles. The van der Waals surface area contributed by atoms with Crippen LogP contribution in [0, 0.1) is 11.3 Å². The first-order chi connectivity index (χ1) is 17.7. The van der Waals surface area contributed by atoms with Gasteiger partial charge in [0.1, 0.15) is 16.5 Å². The first-order valence-corrected chi connectivity index (χ1v) is 13.6. The molecule has 7 heteroatoms. The number of hydrogen-bond donors (Lipinski definition) is 2. The number of hydrogen-bond acceptors (Lipinski definition) is 5. The highest BCUT2D eigenvalue weighted by molar-refractivity contribution is 7.17. The number of benzene rings is 2. The Kier molecular flexibility index (Phi) is 8.22. The normalized spacial score (nSPS) is 15.0. The van der Waals surface area contributed by atoms with Crippen LogP contribution < -0.4 is 20.1 Å². The Morgan fingerprint density at radius 2 is 1.78 bits per heavy atom. The smallest absolute Gasteiger partial charge is 0.259 e. The number of ether oxygens (including phenoxy) is 2. The minimum absolute atomic E-state index is 0.153. The van der Waals surface area contributed by atoms with Gasteiger partial charge >= 0.3 is 0 Å². The summed E-state index contributed by atoms with van der Waals surface area (Å²) < 4.78 is 10.9. The summed E-state index contributed by atoms with van der Waals surface area (Å²) in [7, 11) is 1.61. The Balaban J connectivity index is 1.62. The monoisotopic (exact) mass is 520 g/mol. The standard InChI is InChI=1S/C30H36N2O4S/c1-6-36-24-10-8-7-9-23(24)31-28(34)27-22-16-13-20(30(2,3)4)18-25(22)37-29(27)32-26(33)17-19-11-14-21(35-5)15-12-19/h7-12,14-15,20H,6,13,16-18H2,1-5H3,(H,31,34)(H,32,33). The first kappa shape index (κ1) is 26.7. The minimum atomic E-state index is -0.224. The molecule has 6 nitrogen and oxygen atoms in total. The highest BCUT2D eigenvalue weighted by Gasteiger charge is 2.34. The Morgan fingerprint density at radius 3 is 2.46 bits per heavy atom. The summed E-state index contributed by atoms with van der Waals surface area (Å²) in [6.07, 6.45) is 2.96. The van der Waals surface area contributed by atoms with Gasteiger partial charge in [0.15, 0.2) is 0 Å². The highest BCUT2D eigenvalue weighted by Crippen LogP contribution is 2.44. The van der Waals surface area contributed by atoms with E-state index in [1.54, 1.807) is 7.11 Å². The van der Waals surface area contributed by atoms with E-state index in [0.717, 1.165) is 36.1 Å². The van der Waals surface area contributed by atoms with Crippen LogP contribution in [0.1, 0.15) is 60.5 Å². The summed E-state index contributed by atoms with van der Waals surface area (Å²) in [5.41, 5.74) is 3.30. The number of anilines is 2. The third-order valence-corrected chi connectivity index (χ3v) is 8.10. The number of methoxy groups -OCH3 is 1. The summed E-state index contributed by atoms with van der Waals surface area (Å²) in [5.74, 6) is 1.52. The van der Waals surface area contributed by atoms with Crippen molar-refractivity contribution in [3.63, 3.8) is 0 Å². The molecule has 2 aromatic carbocycles. The lowest BCUT2D eigenvalue weighted by atomic mass is 9.72. The van der Waals surface area contributed by atoms with Crippen molar-refractivity contribution in [3.8, 4) is 11.5 Å². The van der Waals surface area contributed by atoms with E-state index in [9.17, 15) is 9.59 Å². The topological polar surface area (TPSA) is 76.7 Å². The van der Waals surface area contributed by atoms with Crippen LogP contribution in [-0.2, 0) is 24.1 Å². The maximum absolute atomic E-state index is 13.7. The maximum Gasteiger partial charge on any atom is 0.259 e. The van der Waals surface area contributed by atoms with Gasteiger partial charge in [0.25, 0.3) is 5.91 Å². The number of thiophene rings is 1. The molecule has 1 atom stereocenters. The van der Waals surface area contributed by atoms with Crippen LogP contribution in [0.4, 0.5) is 10.7 Å². The van der Waals surface area contributed by atoms with Crippen LogP contribution in [0.2, 0.25) is 0 Å². The van der Waals surface area contributed by atoms with Gasteiger partial charge in [-0.05, 0) is 72.9 Å². The number of nitrogens with one attached hydrogen (secondary N) is 2. The number of para-hydroxylation sites is 2. The van der Waals surface area contributed by atoms with Gasteiger partial charge in [-0.3, -0.25) is 9.59 Å². The predicted octanol–water partition coefficient (Wildman–Crippen LogP) is 6.74. The molecule has 0 radical (unpaired) electrons. The molecule has 1 unspecified atom stereocenters. The maximum atomic E-state index is 13.7. The predicted molar refractivity (Wildman–Crippen MR) is 150 cm³/mol. The van der Waals surface area contributed by atoms with E-state index in [4.69, 9.17) is 9.47 Å². The largest absolute Gasteiger partial charge is 0.497 e. The average molecular weight is 521 g/mol. The zero-order valence-electron chi connectivity index (χ0n) is 22.3. The van der Waals surface area contributed by atoms with Crippen LogP contribution in [-0.4, -0.2) is 25.5 Å². The molecule has 196 valence electrons. The van der Waals surface area contributed by atoms with E-state index in [-0.39, 0.29) is 23.7 Å². The van der Waals surface area contributed by atoms with E-state index in [0.29, 0.717) is 34.5 Å². The molecule has 1 aliphatic carbocycles. The fourth-order valence-corrected chi connectivity index (χ4v) is 6.13. The number of carbonyl (C=O) groups is 2. The lowest BCUT2D eigenvalue weighted by Crippen LogP contribution is -2.27. The Hall–Kier alpha value is -3.32. The van der Waals surface area contributed by atoms with Crippen molar-refractivity contribution in [2.75, 3.05) is 24.4 Å². The molecule has 0 fully saturated rings. The van der Waals surface area contributed by atoms with Gasteiger partial charge in [0.05, 0.1) is 31.4 Å². The van der Waals surface area contributed by atoms with Gasteiger partial charge in [-0.1, -0.05) is 45.0 Å². The molecule has 2 N–H and O–H groups in total. The van der Waals surface area contributed by atoms with Crippen molar-refractivity contribution in [2.45, 2.75) is 53.4 Å². The van der Waals surface area contributed by atoms with Crippen molar-refractivity contribution in [2.24, 2.45) is 11.3 Å². The van der Waals surface area contributed by atoms with Crippen LogP contribution in [0.25, 0.3) is 0 Å². The molecule has 2 amide bonds. The van der Waals surface area contributed by atoms with E-state index in [1.165, 1.54) is 16.2 Å². The Morgan fingerprint density at radius 1 is 1.05 bits per heavy atom. The molecule has 0 spiro atoms. The van der Waals surface area contributed by atoms with E-state index >= 15 is 0 Å². The highest BCUT2D eigenvalue weighted by atomic mass is 32.1. The molecule has 0 saturated heterocycles. The zero-order chi connectivity index (χ0) is 26.6. The average Bonchev–Trinajstić information content (AvgIpc) is 3.22. The second-order valence-electron chi connectivity index (χ2n) is 10.5. The summed E-state index contributed by atoms with van der Waals surface area (Å²) >= 11 is 1.54. The van der Waals surface area contributed by atoms with Gasteiger partial charge in [-0.15, -0.1) is 11.3 Å². The number of fused-ring (bicyclic) bond motifs is 1. The van der Waals surface area contributed by atoms with Crippen molar-refractivity contribution in [3.05, 3.63) is 70.1 Å². The summed E-state index contributed by atoms with van der Waals surface area (Å²) in [6, 6.07) is 14.9. The zero-order valence-corrected chi connectivity index (χ0v) is 23.1. The third kappa shape index (κ3) is 6.34. The van der Waals surface area contributed by atoms with Crippen LogP contribution >= 0.6 is 11.3 Å². The Bertz CT molecular complexity index is 1260. The summed E-state index contributed by atoms with van der Waals surface area (Å²) in [6.45, 7) is 9.22. The van der Waals surface area contributed by atoms with Crippen LogP contribution in [0.15, 0.2) is 48.5 Å². The second kappa shape index (κ2) is 11.4. The summed E-state index contributed by atoms with van der Waals surface area (Å²) in [5, 5.41) is 6.72. The van der Waals surface area contributed by atoms with Crippen molar-refractivity contribution in [1.29, 1.82) is 0 Å². The molecule has 1 aromatic heterocycles. The molecule has 4 rings (SSSR count). The molecule has 1 aliphatic rings. The lowest BCUT2D eigenvalue weighted by molar-refractivity contribution is -0.115. The quantitative estimate of drug-likeness (QED) is 0.345. The number of rotatable bonds is 8. The van der Waals surface area contributed by atoms with Crippen LogP contribution in [0.3, 0.4) is 0 Å². The molecule has 0 bridgehead atoms. The summed E-state index contributed by atoms with van der Waals surface area (Å²) in [4.78, 5) is 27.9. The van der Waals surface area contributed by atoms with Crippen molar-refractivity contribution in [1.82, 2.24) is 0 Å². The second-order valence-corrected chi connectivity index (χ2v) is 11.6. The van der Waals surface area contributed by atoms with Gasteiger partial charge in [0.2, 0.25) is 5.91 Å². The molecule has 0 aliphatic heterocycles.